The zero-order valence-electron chi connectivity index (χ0n) is 10.4. The maximum atomic E-state index is 11.5. The fraction of sp³-hybridized carbons (Fsp3) is 0.385. The molecule has 0 unspecified atom stereocenters. The van der Waals surface area contributed by atoms with Gasteiger partial charge in [0, 0.05) is 11.6 Å². The SMILES string of the molecule is Cc1ccc(NC(=O)CNC(=O)C(C)C)cc1. The summed E-state index contributed by atoms with van der Waals surface area (Å²) in [5.41, 5.74) is 1.87. The summed E-state index contributed by atoms with van der Waals surface area (Å²) in [5.74, 6) is -0.450. The van der Waals surface area contributed by atoms with Crippen molar-refractivity contribution in [2.24, 2.45) is 5.92 Å². The molecule has 0 aliphatic rings. The molecule has 2 amide bonds. The second-order valence-corrected chi connectivity index (χ2v) is 4.29. The van der Waals surface area contributed by atoms with Crippen molar-refractivity contribution in [2.75, 3.05) is 11.9 Å². The van der Waals surface area contributed by atoms with Gasteiger partial charge < -0.3 is 10.6 Å². The number of aryl methyl sites for hydroxylation is 1. The van der Waals surface area contributed by atoms with Gasteiger partial charge in [0.1, 0.15) is 0 Å². The van der Waals surface area contributed by atoms with E-state index in [-0.39, 0.29) is 24.3 Å². The number of amides is 2. The summed E-state index contributed by atoms with van der Waals surface area (Å²) in [6.45, 7) is 5.56. The molecular weight excluding hydrogens is 216 g/mol. The van der Waals surface area contributed by atoms with Crippen LogP contribution >= 0.6 is 0 Å². The molecule has 0 aliphatic heterocycles. The van der Waals surface area contributed by atoms with E-state index in [1.54, 1.807) is 13.8 Å². The quantitative estimate of drug-likeness (QED) is 0.833. The molecule has 92 valence electrons. The highest BCUT2D eigenvalue weighted by molar-refractivity contribution is 5.94. The largest absolute Gasteiger partial charge is 0.347 e. The van der Waals surface area contributed by atoms with E-state index in [0.717, 1.165) is 11.3 Å². The van der Waals surface area contributed by atoms with Crippen LogP contribution in [0.1, 0.15) is 19.4 Å². The van der Waals surface area contributed by atoms with Gasteiger partial charge in [-0.05, 0) is 19.1 Å². The smallest absolute Gasteiger partial charge is 0.243 e. The number of carbonyl (C=O) groups is 2. The molecule has 0 fully saturated rings. The Kier molecular flexibility index (Phi) is 4.69. The Hall–Kier alpha value is -1.84. The fourth-order valence-electron chi connectivity index (χ4n) is 1.21. The van der Waals surface area contributed by atoms with Crippen molar-refractivity contribution < 1.29 is 9.59 Å². The number of hydrogen-bond acceptors (Lipinski definition) is 2. The molecule has 1 aromatic rings. The molecule has 4 nitrogen and oxygen atoms in total. The normalized spacial score (nSPS) is 10.1. The van der Waals surface area contributed by atoms with E-state index in [4.69, 9.17) is 0 Å². The second kappa shape index (κ2) is 6.03. The van der Waals surface area contributed by atoms with Gasteiger partial charge in [0.05, 0.1) is 6.54 Å². The number of hydrogen-bond donors (Lipinski definition) is 2. The van der Waals surface area contributed by atoms with Crippen molar-refractivity contribution in [1.29, 1.82) is 0 Å². The summed E-state index contributed by atoms with van der Waals surface area (Å²) in [6.07, 6.45) is 0. The summed E-state index contributed by atoms with van der Waals surface area (Å²) in [7, 11) is 0. The first-order valence-electron chi connectivity index (χ1n) is 5.63. The first-order chi connectivity index (χ1) is 7.99. The predicted molar refractivity (Wildman–Crippen MR) is 67.7 cm³/mol. The number of benzene rings is 1. The Morgan fingerprint density at radius 3 is 2.29 bits per heavy atom. The monoisotopic (exact) mass is 234 g/mol. The number of anilines is 1. The highest BCUT2D eigenvalue weighted by Crippen LogP contribution is 2.07. The predicted octanol–water partition coefficient (Wildman–Crippen LogP) is 1.71. The summed E-state index contributed by atoms with van der Waals surface area (Å²) in [4.78, 5) is 22.8. The van der Waals surface area contributed by atoms with E-state index in [0.29, 0.717) is 0 Å². The fourth-order valence-corrected chi connectivity index (χ4v) is 1.21. The van der Waals surface area contributed by atoms with Crippen LogP contribution in [0.3, 0.4) is 0 Å². The summed E-state index contributed by atoms with van der Waals surface area (Å²) in [5, 5.41) is 5.27. The molecule has 0 aromatic heterocycles. The van der Waals surface area contributed by atoms with Gasteiger partial charge in [0.2, 0.25) is 11.8 Å². The average Bonchev–Trinajstić information content (AvgIpc) is 2.29. The van der Waals surface area contributed by atoms with Crippen LogP contribution in [-0.4, -0.2) is 18.4 Å². The molecule has 4 heteroatoms. The summed E-state index contributed by atoms with van der Waals surface area (Å²) in [6, 6.07) is 7.50. The third-order valence-electron chi connectivity index (χ3n) is 2.28. The van der Waals surface area contributed by atoms with Gasteiger partial charge in [0.25, 0.3) is 0 Å². The van der Waals surface area contributed by atoms with Crippen LogP contribution < -0.4 is 10.6 Å². The van der Waals surface area contributed by atoms with Crippen molar-refractivity contribution in [1.82, 2.24) is 5.32 Å². The zero-order valence-corrected chi connectivity index (χ0v) is 10.4. The molecule has 0 bridgehead atoms. The van der Waals surface area contributed by atoms with Gasteiger partial charge in [-0.15, -0.1) is 0 Å². The average molecular weight is 234 g/mol. The Balaban J connectivity index is 2.40. The molecule has 0 spiro atoms. The minimum absolute atomic E-state index is 0.00485. The minimum Gasteiger partial charge on any atom is -0.347 e. The molecular formula is C13H18N2O2. The molecule has 0 atom stereocenters. The molecule has 0 radical (unpaired) electrons. The lowest BCUT2D eigenvalue weighted by Gasteiger charge is -2.08. The van der Waals surface area contributed by atoms with Crippen LogP contribution in [0.2, 0.25) is 0 Å². The van der Waals surface area contributed by atoms with Gasteiger partial charge in [-0.25, -0.2) is 0 Å². The number of carbonyl (C=O) groups excluding carboxylic acids is 2. The van der Waals surface area contributed by atoms with E-state index in [1.807, 2.05) is 31.2 Å². The van der Waals surface area contributed by atoms with Gasteiger partial charge in [-0.2, -0.15) is 0 Å². The van der Waals surface area contributed by atoms with E-state index < -0.39 is 0 Å². The van der Waals surface area contributed by atoms with E-state index in [9.17, 15) is 9.59 Å². The number of nitrogens with one attached hydrogen (secondary N) is 2. The highest BCUT2D eigenvalue weighted by Gasteiger charge is 2.08. The Bertz CT molecular complexity index is 396. The van der Waals surface area contributed by atoms with Gasteiger partial charge in [-0.1, -0.05) is 31.5 Å². The maximum Gasteiger partial charge on any atom is 0.243 e. The summed E-state index contributed by atoms with van der Waals surface area (Å²) < 4.78 is 0. The summed E-state index contributed by atoms with van der Waals surface area (Å²) >= 11 is 0. The lowest BCUT2D eigenvalue weighted by atomic mass is 10.2. The van der Waals surface area contributed by atoms with Gasteiger partial charge >= 0.3 is 0 Å². The van der Waals surface area contributed by atoms with Crippen molar-refractivity contribution in [2.45, 2.75) is 20.8 Å². The zero-order chi connectivity index (χ0) is 12.8. The Labute approximate surface area is 101 Å². The molecule has 2 N–H and O–H groups in total. The Morgan fingerprint density at radius 2 is 1.76 bits per heavy atom. The van der Waals surface area contributed by atoms with Gasteiger partial charge in [0.15, 0.2) is 0 Å². The third kappa shape index (κ3) is 4.68. The molecule has 1 aromatic carbocycles. The first-order valence-corrected chi connectivity index (χ1v) is 5.63. The van der Waals surface area contributed by atoms with Crippen LogP contribution in [0, 0.1) is 12.8 Å². The molecule has 0 saturated carbocycles. The van der Waals surface area contributed by atoms with Gasteiger partial charge in [-0.3, -0.25) is 9.59 Å². The van der Waals surface area contributed by atoms with E-state index in [2.05, 4.69) is 10.6 Å². The first kappa shape index (κ1) is 13.2. The molecule has 0 heterocycles. The van der Waals surface area contributed by atoms with Crippen molar-refractivity contribution in [3.63, 3.8) is 0 Å². The maximum absolute atomic E-state index is 11.5. The topological polar surface area (TPSA) is 58.2 Å². The molecule has 1 rings (SSSR count). The van der Waals surface area contributed by atoms with Crippen LogP contribution in [-0.2, 0) is 9.59 Å². The van der Waals surface area contributed by atoms with Crippen molar-refractivity contribution in [3.8, 4) is 0 Å². The van der Waals surface area contributed by atoms with E-state index >= 15 is 0 Å². The van der Waals surface area contributed by atoms with Crippen LogP contribution in [0.5, 0.6) is 0 Å². The van der Waals surface area contributed by atoms with Crippen LogP contribution in [0.25, 0.3) is 0 Å². The van der Waals surface area contributed by atoms with Crippen LogP contribution in [0.4, 0.5) is 5.69 Å². The molecule has 0 saturated heterocycles. The third-order valence-corrected chi connectivity index (χ3v) is 2.28. The van der Waals surface area contributed by atoms with Crippen molar-refractivity contribution in [3.05, 3.63) is 29.8 Å². The van der Waals surface area contributed by atoms with E-state index in [1.165, 1.54) is 0 Å². The minimum atomic E-state index is -0.220. The van der Waals surface area contributed by atoms with Crippen molar-refractivity contribution >= 4 is 17.5 Å². The lowest BCUT2D eigenvalue weighted by Crippen LogP contribution is -2.35. The lowest BCUT2D eigenvalue weighted by molar-refractivity contribution is -0.126. The molecule has 17 heavy (non-hydrogen) atoms. The van der Waals surface area contributed by atoms with Crippen LogP contribution in [0.15, 0.2) is 24.3 Å². The Morgan fingerprint density at radius 1 is 1.18 bits per heavy atom. The second-order valence-electron chi connectivity index (χ2n) is 4.29. The number of rotatable bonds is 4. The standard InChI is InChI=1S/C13H18N2O2/c1-9(2)13(17)14-8-12(16)15-11-6-4-10(3)5-7-11/h4-7,9H,8H2,1-3H3,(H,14,17)(H,15,16). The highest BCUT2D eigenvalue weighted by atomic mass is 16.2. The molecule has 0 aliphatic carbocycles.